The number of benzene rings is 2. The minimum atomic E-state index is -1.17. The van der Waals surface area contributed by atoms with Gasteiger partial charge in [0.2, 0.25) is 0 Å². The third kappa shape index (κ3) is 3.43. The molecule has 7 nitrogen and oxygen atoms in total. The van der Waals surface area contributed by atoms with Gasteiger partial charge in [-0.05, 0) is 41.2 Å². The number of carboxylic acid groups (broad SMARTS) is 1. The van der Waals surface area contributed by atoms with Crippen LogP contribution in [0, 0.1) is 0 Å². The van der Waals surface area contributed by atoms with Crippen molar-refractivity contribution in [2.75, 3.05) is 0 Å². The first-order valence-corrected chi connectivity index (χ1v) is 9.21. The van der Waals surface area contributed by atoms with E-state index in [1.165, 1.54) is 18.2 Å². The monoisotopic (exact) mass is 381 g/mol. The van der Waals surface area contributed by atoms with Gasteiger partial charge in [0.15, 0.2) is 0 Å². The Hall–Kier alpha value is -3.35. The number of aromatic nitrogens is 2. The fraction of sp³-hybridized carbons (Fsp3) is 0.286. The molecule has 28 heavy (non-hydrogen) atoms. The van der Waals surface area contributed by atoms with Gasteiger partial charge in [0.1, 0.15) is 0 Å². The molecule has 0 fully saturated rings. The van der Waals surface area contributed by atoms with Crippen molar-refractivity contribution in [1.29, 1.82) is 0 Å². The van der Waals surface area contributed by atoms with Gasteiger partial charge in [0.05, 0.1) is 16.5 Å². The molecule has 0 saturated heterocycles. The van der Waals surface area contributed by atoms with E-state index in [1.807, 2.05) is 18.2 Å². The Morgan fingerprint density at radius 3 is 2.54 bits per heavy atom. The van der Waals surface area contributed by atoms with E-state index in [0.717, 1.165) is 27.8 Å². The lowest BCUT2D eigenvalue weighted by Crippen LogP contribution is -2.35. The molecule has 1 amide bonds. The Morgan fingerprint density at radius 1 is 1.18 bits per heavy atom. The van der Waals surface area contributed by atoms with Crippen LogP contribution in [-0.4, -0.2) is 26.9 Å². The molecule has 0 atom stereocenters. The number of carbonyl (C=O) groups excluding carboxylic acids is 1. The molecule has 2 aromatic carbocycles. The van der Waals surface area contributed by atoms with Crippen LogP contribution in [0.2, 0.25) is 0 Å². The Kier molecular flexibility index (Phi) is 5.35. The second-order valence-corrected chi connectivity index (χ2v) is 6.94. The average molecular weight is 381 g/mol. The number of rotatable bonds is 5. The van der Waals surface area contributed by atoms with Gasteiger partial charge in [0, 0.05) is 6.54 Å². The zero-order valence-corrected chi connectivity index (χ0v) is 16.1. The van der Waals surface area contributed by atoms with E-state index in [9.17, 15) is 19.5 Å². The molecule has 0 aliphatic carbocycles. The molecule has 3 N–H and O–H groups in total. The summed E-state index contributed by atoms with van der Waals surface area (Å²) < 4.78 is 0.820. The number of para-hydroxylation sites is 1. The first-order chi connectivity index (χ1) is 13.3. The lowest BCUT2D eigenvalue weighted by Gasteiger charge is -2.17. The summed E-state index contributed by atoms with van der Waals surface area (Å²) in [5.74, 6) is -0.870. The summed E-state index contributed by atoms with van der Waals surface area (Å²) in [6.45, 7) is 6.52. The normalized spacial score (nSPS) is 11.1. The van der Waals surface area contributed by atoms with E-state index in [-0.39, 0.29) is 23.0 Å². The number of hydrogen-bond donors (Lipinski definition) is 3. The summed E-state index contributed by atoms with van der Waals surface area (Å²) >= 11 is 0. The van der Waals surface area contributed by atoms with Crippen molar-refractivity contribution >= 4 is 22.9 Å². The molecule has 1 heterocycles. The molecule has 0 radical (unpaired) electrons. The smallest absolute Gasteiger partial charge is 0.343 e. The number of aryl methyl sites for hydroxylation is 1. The number of nitrogens with one attached hydrogen (secondary N) is 2. The van der Waals surface area contributed by atoms with Crippen LogP contribution >= 0.6 is 0 Å². The molecule has 7 heteroatoms. The number of aromatic carboxylic acids is 1. The summed E-state index contributed by atoms with van der Waals surface area (Å²) in [7, 11) is 0. The Balaban J connectivity index is 1.93. The minimum absolute atomic E-state index is 0.0560. The first kappa shape index (κ1) is 19.4. The summed E-state index contributed by atoms with van der Waals surface area (Å²) in [5, 5.41) is 14.8. The lowest BCUT2D eigenvalue weighted by molar-refractivity contribution is 0.0698. The number of carboxylic acids is 1. The van der Waals surface area contributed by atoms with Gasteiger partial charge in [-0.1, -0.05) is 45.0 Å². The molecule has 146 valence electrons. The van der Waals surface area contributed by atoms with E-state index in [0.29, 0.717) is 5.92 Å². The number of amides is 1. The predicted molar refractivity (Wildman–Crippen MR) is 107 cm³/mol. The fourth-order valence-electron chi connectivity index (χ4n) is 3.44. The van der Waals surface area contributed by atoms with Gasteiger partial charge >= 0.3 is 12.0 Å². The van der Waals surface area contributed by atoms with Crippen LogP contribution < -0.4 is 10.9 Å². The number of H-pyrrole nitrogens is 1. The Bertz CT molecular complexity index is 1110. The highest BCUT2D eigenvalue weighted by Crippen LogP contribution is 2.23. The van der Waals surface area contributed by atoms with Crippen LogP contribution in [0.4, 0.5) is 4.79 Å². The van der Waals surface area contributed by atoms with E-state index in [2.05, 4.69) is 31.2 Å². The predicted octanol–water partition coefficient (Wildman–Crippen LogP) is 3.47. The second kappa shape index (κ2) is 7.72. The topological polar surface area (TPSA) is 104 Å². The highest BCUT2D eigenvalue weighted by molar-refractivity contribution is 6.02. The maximum absolute atomic E-state index is 12.6. The third-order valence-electron chi connectivity index (χ3n) is 4.88. The molecular formula is C21H23N3O4. The van der Waals surface area contributed by atoms with Crippen molar-refractivity contribution in [3.05, 3.63) is 69.0 Å². The number of nitrogens with zero attached hydrogens (tertiary/aromatic N) is 1. The molecule has 0 saturated carbocycles. The van der Waals surface area contributed by atoms with Crippen molar-refractivity contribution in [3.63, 3.8) is 0 Å². The number of carbonyl (C=O) groups is 2. The maximum Gasteiger partial charge on any atom is 0.343 e. The van der Waals surface area contributed by atoms with Crippen molar-refractivity contribution < 1.29 is 14.7 Å². The van der Waals surface area contributed by atoms with Crippen LogP contribution in [0.15, 0.2) is 41.2 Å². The SMILES string of the molecule is CCc1cccc(C(C)C)c1CNC(=O)n1[nH]c2c(C(=O)O)cccc2c1=O. The Labute approximate surface area is 162 Å². The molecule has 3 rings (SSSR count). The van der Waals surface area contributed by atoms with E-state index in [4.69, 9.17) is 0 Å². The molecule has 0 unspecified atom stereocenters. The molecule has 0 spiro atoms. The van der Waals surface area contributed by atoms with Gasteiger partial charge in [-0.15, -0.1) is 0 Å². The molecule has 3 aromatic rings. The van der Waals surface area contributed by atoms with Gasteiger partial charge < -0.3 is 10.4 Å². The second-order valence-electron chi connectivity index (χ2n) is 6.94. The third-order valence-corrected chi connectivity index (χ3v) is 4.88. The van der Waals surface area contributed by atoms with Crippen molar-refractivity contribution in [2.24, 2.45) is 0 Å². The van der Waals surface area contributed by atoms with Crippen LogP contribution in [0.25, 0.3) is 10.9 Å². The zero-order chi connectivity index (χ0) is 20.4. The summed E-state index contributed by atoms with van der Waals surface area (Å²) in [4.78, 5) is 36.5. The summed E-state index contributed by atoms with van der Waals surface area (Å²) in [5.41, 5.74) is 2.83. The molecule has 0 aliphatic heterocycles. The maximum atomic E-state index is 12.6. The average Bonchev–Trinajstić information content (AvgIpc) is 3.02. The van der Waals surface area contributed by atoms with Crippen molar-refractivity contribution in [3.8, 4) is 0 Å². The lowest BCUT2D eigenvalue weighted by atomic mass is 9.92. The summed E-state index contributed by atoms with van der Waals surface area (Å²) in [6, 6.07) is 9.81. The highest BCUT2D eigenvalue weighted by Gasteiger charge is 2.18. The summed E-state index contributed by atoms with van der Waals surface area (Å²) in [6.07, 6.45) is 0.833. The minimum Gasteiger partial charge on any atom is -0.478 e. The van der Waals surface area contributed by atoms with Crippen LogP contribution in [0.3, 0.4) is 0 Å². The van der Waals surface area contributed by atoms with Crippen molar-refractivity contribution in [1.82, 2.24) is 15.1 Å². The first-order valence-electron chi connectivity index (χ1n) is 9.21. The van der Waals surface area contributed by atoms with Gasteiger partial charge in [-0.2, -0.15) is 4.68 Å². The van der Waals surface area contributed by atoms with E-state index < -0.39 is 17.6 Å². The molecule has 1 aromatic heterocycles. The van der Waals surface area contributed by atoms with Crippen LogP contribution in [-0.2, 0) is 13.0 Å². The van der Waals surface area contributed by atoms with Gasteiger partial charge in [0.25, 0.3) is 5.56 Å². The highest BCUT2D eigenvalue weighted by atomic mass is 16.4. The quantitative estimate of drug-likeness (QED) is 0.629. The zero-order valence-electron chi connectivity index (χ0n) is 16.1. The standard InChI is InChI=1S/C21H23N3O4/c1-4-13-7-5-8-14(12(2)3)17(13)11-22-21(28)24-19(25)15-9-6-10-16(20(26)27)18(15)23-24/h5-10,12,23H,4,11H2,1-3H3,(H,22,28)(H,26,27). The number of fused-ring (bicyclic) bond motifs is 1. The van der Waals surface area contributed by atoms with E-state index >= 15 is 0 Å². The largest absolute Gasteiger partial charge is 0.478 e. The van der Waals surface area contributed by atoms with Crippen LogP contribution in [0.5, 0.6) is 0 Å². The van der Waals surface area contributed by atoms with Gasteiger partial charge in [-0.3, -0.25) is 9.89 Å². The molecule has 0 aliphatic rings. The number of hydrogen-bond acceptors (Lipinski definition) is 3. The Morgan fingerprint density at radius 2 is 1.89 bits per heavy atom. The number of aromatic amines is 1. The van der Waals surface area contributed by atoms with E-state index in [1.54, 1.807) is 0 Å². The fourth-order valence-corrected chi connectivity index (χ4v) is 3.44. The van der Waals surface area contributed by atoms with Crippen LogP contribution in [0.1, 0.15) is 53.7 Å². The molecule has 0 bridgehead atoms. The molecular weight excluding hydrogens is 358 g/mol. The van der Waals surface area contributed by atoms with Crippen molar-refractivity contribution in [2.45, 2.75) is 39.7 Å². The van der Waals surface area contributed by atoms with Gasteiger partial charge in [-0.25, -0.2) is 9.59 Å².